The van der Waals surface area contributed by atoms with Crippen molar-refractivity contribution in [2.75, 3.05) is 0 Å². The Balaban J connectivity index is 1.90. The third-order valence-electron chi connectivity index (χ3n) is 3.46. The Hall–Kier alpha value is -2.40. The van der Waals surface area contributed by atoms with Gasteiger partial charge in [-0.3, -0.25) is 4.57 Å². The van der Waals surface area contributed by atoms with Crippen LogP contribution in [-0.2, 0) is 13.6 Å². The number of aryl methyl sites for hydroxylation is 1. The van der Waals surface area contributed by atoms with Crippen LogP contribution >= 0.6 is 0 Å². The molecule has 2 N–H and O–H groups in total. The minimum Gasteiger partial charge on any atom is -0.322 e. The van der Waals surface area contributed by atoms with Crippen molar-refractivity contribution in [1.82, 2.24) is 14.3 Å². The Morgan fingerprint density at radius 1 is 1.20 bits per heavy atom. The largest absolute Gasteiger partial charge is 0.345 e. The molecule has 20 heavy (non-hydrogen) atoms. The first-order valence-electron chi connectivity index (χ1n) is 6.48. The number of fused-ring (bicyclic) bond motifs is 1. The molecule has 0 amide bonds. The highest BCUT2D eigenvalue weighted by atomic mass is 16.2. The van der Waals surface area contributed by atoms with Crippen molar-refractivity contribution >= 4 is 10.8 Å². The first-order chi connectivity index (χ1) is 9.65. The molecule has 5 nitrogen and oxygen atoms in total. The minimum atomic E-state index is -0.257. The van der Waals surface area contributed by atoms with Crippen molar-refractivity contribution in [3.05, 3.63) is 64.8 Å². The predicted molar refractivity (Wildman–Crippen MR) is 78.3 cm³/mol. The number of nitrogens with two attached hydrogens (primary N) is 1. The first kappa shape index (κ1) is 12.6. The molecule has 0 saturated heterocycles. The standard InChI is InChI=1S/C15H16N4O/c1-18-10-17-19(15(18)20)9-14(16)13-7-6-11-4-2-3-5-12(11)8-13/h2-8,10,14H,9,16H2,1H3. The highest BCUT2D eigenvalue weighted by Crippen LogP contribution is 2.19. The maximum Gasteiger partial charge on any atom is 0.345 e. The van der Waals surface area contributed by atoms with Gasteiger partial charge in [0.1, 0.15) is 6.33 Å². The quantitative estimate of drug-likeness (QED) is 0.781. The van der Waals surface area contributed by atoms with Crippen LogP contribution in [0.2, 0.25) is 0 Å². The van der Waals surface area contributed by atoms with E-state index in [1.165, 1.54) is 21.0 Å². The molecule has 0 saturated carbocycles. The van der Waals surface area contributed by atoms with Crippen molar-refractivity contribution in [1.29, 1.82) is 0 Å². The summed E-state index contributed by atoms with van der Waals surface area (Å²) in [4.78, 5) is 11.8. The van der Waals surface area contributed by atoms with Crippen molar-refractivity contribution in [3.8, 4) is 0 Å². The summed E-state index contributed by atoms with van der Waals surface area (Å²) >= 11 is 0. The molecule has 0 fully saturated rings. The molecule has 3 rings (SSSR count). The van der Waals surface area contributed by atoms with Crippen molar-refractivity contribution in [3.63, 3.8) is 0 Å². The molecule has 3 aromatic rings. The van der Waals surface area contributed by atoms with Gasteiger partial charge < -0.3 is 5.73 Å². The van der Waals surface area contributed by atoms with Crippen LogP contribution in [0.3, 0.4) is 0 Å². The van der Waals surface area contributed by atoms with Crippen LogP contribution in [0.5, 0.6) is 0 Å². The average Bonchev–Trinajstić information content (AvgIpc) is 2.78. The van der Waals surface area contributed by atoms with Crippen molar-refractivity contribution in [2.24, 2.45) is 12.8 Å². The number of nitrogens with zero attached hydrogens (tertiary/aromatic N) is 3. The summed E-state index contributed by atoms with van der Waals surface area (Å²) in [5.41, 5.74) is 7.04. The van der Waals surface area contributed by atoms with Crippen LogP contribution in [0, 0.1) is 0 Å². The molecule has 0 aliphatic heterocycles. The van der Waals surface area contributed by atoms with E-state index in [2.05, 4.69) is 23.3 Å². The zero-order valence-corrected chi connectivity index (χ0v) is 11.2. The Morgan fingerprint density at radius 3 is 2.65 bits per heavy atom. The molecule has 0 aliphatic carbocycles. The van der Waals surface area contributed by atoms with Crippen LogP contribution in [0.1, 0.15) is 11.6 Å². The lowest BCUT2D eigenvalue weighted by molar-refractivity contribution is 0.509. The first-order valence-corrected chi connectivity index (χ1v) is 6.48. The predicted octanol–water partition coefficient (Wildman–Crippen LogP) is 1.43. The third kappa shape index (κ3) is 2.23. The molecule has 0 spiro atoms. The third-order valence-corrected chi connectivity index (χ3v) is 3.46. The fourth-order valence-corrected chi connectivity index (χ4v) is 2.28. The Morgan fingerprint density at radius 2 is 1.95 bits per heavy atom. The molecule has 5 heteroatoms. The molecule has 0 radical (unpaired) electrons. The van der Waals surface area contributed by atoms with Gasteiger partial charge in [0.25, 0.3) is 0 Å². The highest BCUT2D eigenvalue weighted by Gasteiger charge is 2.10. The van der Waals surface area contributed by atoms with E-state index in [1.807, 2.05) is 24.3 Å². The smallest absolute Gasteiger partial charge is 0.322 e. The zero-order chi connectivity index (χ0) is 14.1. The maximum absolute atomic E-state index is 11.8. The number of rotatable bonds is 3. The summed E-state index contributed by atoms with van der Waals surface area (Å²) in [6.07, 6.45) is 1.50. The number of hydrogen-bond acceptors (Lipinski definition) is 3. The van der Waals surface area contributed by atoms with Crippen LogP contribution in [-0.4, -0.2) is 14.3 Å². The topological polar surface area (TPSA) is 65.8 Å². The average molecular weight is 268 g/mol. The normalized spacial score (nSPS) is 12.7. The van der Waals surface area contributed by atoms with Gasteiger partial charge >= 0.3 is 5.69 Å². The second kappa shape index (κ2) is 4.94. The second-order valence-electron chi connectivity index (χ2n) is 4.92. The number of benzene rings is 2. The number of hydrogen-bond donors (Lipinski definition) is 1. The Bertz CT molecular complexity index is 803. The fraction of sp³-hybridized carbons (Fsp3) is 0.200. The van der Waals surface area contributed by atoms with Gasteiger partial charge in [-0.25, -0.2) is 9.48 Å². The van der Waals surface area contributed by atoms with Crippen LogP contribution in [0.4, 0.5) is 0 Å². The molecular formula is C15H16N4O. The van der Waals surface area contributed by atoms with Gasteiger partial charge in [0.15, 0.2) is 0 Å². The molecule has 0 bridgehead atoms. The monoisotopic (exact) mass is 268 g/mol. The van der Waals surface area contributed by atoms with E-state index in [0.717, 1.165) is 10.9 Å². The van der Waals surface area contributed by atoms with E-state index in [1.54, 1.807) is 7.05 Å². The van der Waals surface area contributed by atoms with Gasteiger partial charge in [0.05, 0.1) is 6.54 Å². The molecular weight excluding hydrogens is 252 g/mol. The SMILES string of the molecule is Cn1cnn(CC(N)c2ccc3ccccc3c2)c1=O. The van der Waals surface area contributed by atoms with E-state index in [0.29, 0.717) is 6.54 Å². The van der Waals surface area contributed by atoms with Crippen LogP contribution in [0.15, 0.2) is 53.6 Å². The minimum absolute atomic E-state index is 0.152. The maximum atomic E-state index is 11.8. The molecule has 102 valence electrons. The summed E-state index contributed by atoms with van der Waals surface area (Å²) < 4.78 is 2.83. The fourth-order valence-electron chi connectivity index (χ4n) is 2.28. The summed E-state index contributed by atoms with van der Waals surface area (Å²) in [6.45, 7) is 0.373. The summed E-state index contributed by atoms with van der Waals surface area (Å²) in [5, 5.41) is 6.36. The van der Waals surface area contributed by atoms with Crippen LogP contribution in [0.25, 0.3) is 10.8 Å². The molecule has 1 atom stereocenters. The highest BCUT2D eigenvalue weighted by molar-refractivity contribution is 5.83. The molecule has 2 aromatic carbocycles. The molecule has 1 unspecified atom stereocenters. The van der Waals surface area contributed by atoms with Crippen molar-refractivity contribution < 1.29 is 0 Å². The van der Waals surface area contributed by atoms with E-state index in [-0.39, 0.29) is 11.7 Å². The molecule has 1 aromatic heterocycles. The van der Waals surface area contributed by atoms with Gasteiger partial charge in [-0.15, -0.1) is 0 Å². The Labute approximate surface area is 116 Å². The van der Waals surface area contributed by atoms with Gasteiger partial charge in [0.2, 0.25) is 0 Å². The van der Waals surface area contributed by atoms with Crippen molar-refractivity contribution in [2.45, 2.75) is 12.6 Å². The summed E-state index contributed by atoms with van der Waals surface area (Å²) in [5.74, 6) is 0. The summed E-state index contributed by atoms with van der Waals surface area (Å²) in [7, 11) is 1.67. The Kier molecular flexibility index (Phi) is 3.12. The molecule has 0 aliphatic rings. The number of aromatic nitrogens is 3. The van der Waals surface area contributed by atoms with Gasteiger partial charge in [-0.2, -0.15) is 5.10 Å². The zero-order valence-electron chi connectivity index (χ0n) is 11.2. The second-order valence-corrected chi connectivity index (χ2v) is 4.92. The van der Waals surface area contributed by atoms with Gasteiger partial charge in [0, 0.05) is 13.1 Å². The molecule has 1 heterocycles. The van der Waals surface area contributed by atoms with Crippen LogP contribution < -0.4 is 11.4 Å². The van der Waals surface area contributed by atoms with Gasteiger partial charge in [-0.1, -0.05) is 36.4 Å². The lowest BCUT2D eigenvalue weighted by Crippen LogP contribution is -2.28. The lowest BCUT2D eigenvalue weighted by atomic mass is 10.0. The lowest BCUT2D eigenvalue weighted by Gasteiger charge is -2.12. The summed E-state index contributed by atoms with van der Waals surface area (Å²) in [6, 6.07) is 14.0. The van der Waals surface area contributed by atoms with E-state index >= 15 is 0 Å². The van der Waals surface area contributed by atoms with E-state index in [9.17, 15) is 4.79 Å². The van der Waals surface area contributed by atoms with E-state index < -0.39 is 0 Å². The van der Waals surface area contributed by atoms with E-state index in [4.69, 9.17) is 5.73 Å². The van der Waals surface area contributed by atoms with Gasteiger partial charge in [-0.05, 0) is 22.4 Å².